The van der Waals surface area contributed by atoms with Crippen LogP contribution in [0.2, 0.25) is 0 Å². The number of piperazine rings is 1. The Morgan fingerprint density at radius 1 is 0.900 bits per heavy atom. The van der Waals surface area contributed by atoms with Gasteiger partial charge in [-0.1, -0.05) is 36.4 Å². The third-order valence-electron chi connectivity index (χ3n) is 7.19. The van der Waals surface area contributed by atoms with Gasteiger partial charge in [-0.15, -0.1) is 0 Å². The Bertz CT molecular complexity index is 1540. The Morgan fingerprint density at radius 3 is 2.23 bits per heavy atom. The highest BCUT2D eigenvalue weighted by Gasteiger charge is 2.23. The standard InChI is InChI=1S/C31H33N5O4/c1-34(2)14-15-35-16-18-36(19-17-35)30(38)22-8-11-24(12-9-22)32-28(21-6-4-3-5-7-21)27-25-13-10-23(31(39)40)20-26(25)33-29(27)37/h3-13,20,33,37H,14-19H2,1-2H3,(H,39,40). The Balaban J connectivity index is 1.41. The summed E-state index contributed by atoms with van der Waals surface area (Å²) < 4.78 is 0. The number of aromatic nitrogens is 1. The van der Waals surface area contributed by atoms with Gasteiger partial charge in [0.1, 0.15) is 0 Å². The molecule has 9 heteroatoms. The average Bonchev–Trinajstić information content (AvgIpc) is 3.30. The molecular formula is C31H33N5O4. The van der Waals surface area contributed by atoms with Gasteiger partial charge in [0.25, 0.3) is 5.91 Å². The number of amides is 1. The fourth-order valence-corrected chi connectivity index (χ4v) is 4.92. The van der Waals surface area contributed by atoms with Crippen molar-refractivity contribution in [3.8, 4) is 5.88 Å². The van der Waals surface area contributed by atoms with E-state index in [1.165, 1.54) is 12.1 Å². The second-order valence-electron chi connectivity index (χ2n) is 10.2. The SMILES string of the molecule is CN(C)CCN1CCN(C(=O)c2ccc(N=C(c3ccccc3)c3c(O)[nH]c4cc(C(=O)O)ccc34)cc2)CC1. The summed E-state index contributed by atoms with van der Waals surface area (Å²) in [5.74, 6) is -1.14. The molecule has 2 heterocycles. The van der Waals surface area contributed by atoms with Crippen LogP contribution in [0.5, 0.6) is 5.88 Å². The van der Waals surface area contributed by atoms with E-state index < -0.39 is 5.97 Å². The van der Waals surface area contributed by atoms with Crippen molar-refractivity contribution in [2.45, 2.75) is 0 Å². The molecule has 4 aromatic rings. The van der Waals surface area contributed by atoms with Gasteiger partial charge in [-0.05, 0) is 50.5 Å². The van der Waals surface area contributed by atoms with Gasteiger partial charge in [-0.2, -0.15) is 0 Å². The molecule has 1 aliphatic rings. The molecule has 0 aliphatic carbocycles. The first-order valence-corrected chi connectivity index (χ1v) is 13.3. The summed E-state index contributed by atoms with van der Waals surface area (Å²) in [7, 11) is 4.13. The summed E-state index contributed by atoms with van der Waals surface area (Å²) in [6, 6.07) is 21.3. The van der Waals surface area contributed by atoms with Crippen LogP contribution >= 0.6 is 0 Å². The molecule has 1 saturated heterocycles. The minimum Gasteiger partial charge on any atom is -0.494 e. The molecule has 0 saturated carbocycles. The topological polar surface area (TPSA) is 112 Å². The van der Waals surface area contributed by atoms with Crippen LogP contribution in [0.3, 0.4) is 0 Å². The quantitative estimate of drug-likeness (QED) is 0.291. The lowest BCUT2D eigenvalue weighted by atomic mass is 10.00. The first kappa shape index (κ1) is 27.1. The lowest BCUT2D eigenvalue weighted by Gasteiger charge is -2.35. The number of aliphatic imine (C=N–C) groups is 1. The van der Waals surface area contributed by atoms with Gasteiger partial charge < -0.3 is 25.0 Å². The predicted molar refractivity (Wildman–Crippen MR) is 156 cm³/mol. The molecule has 0 spiro atoms. The van der Waals surface area contributed by atoms with Crippen molar-refractivity contribution in [3.05, 3.63) is 95.1 Å². The van der Waals surface area contributed by atoms with Crippen LogP contribution in [0.25, 0.3) is 10.9 Å². The summed E-state index contributed by atoms with van der Waals surface area (Å²) in [6.45, 7) is 5.13. The first-order chi connectivity index (χ1) is 19.3. The number of carbonyl (C=O) groups excluding carboxylic acids is 1. The number of hydrogen-bond acceptors (Lipinski definition) is 6. The number of fused-ring (bicyclic) bond motifs is 1. The van der Waals surface area contributed by atoms with E-state index in [0.29, 0.717) is 46.5 Å². The van der Waals surface area contributed by atoms with Gasteiger partial charge in [0.05, 0.1) is 22.5 Å². The fourth-order valence-electron chi connectivity index (χ4n) is 4.92. The zero-order valence-electron chi connectivity index (χ0n) is 22.7. The van der Waals surface area contributed by atoms with Crippen LogP contribution in [-0.2, 0) is 0 Å². The molecule has 0 atom stereocenters. The number of nitrogens with zero attached hydrogens (tertiary/aromatic N) is 4. The number of rotatable bonds is 8. The summed E-state index contributed by atoms with van der Waals surface area (Å²) >= 11 is 0. The molecule has 3 aromatic carbocycles. The van der Waals surface area contributed by atoms with Crippen molar-refractivity contribution in [2.75, 3.05) is 53.4 Å². The second-order valence-corrected chi connectivity index (χ2v) is 10.2. The number of carbonyl (C=O) groups is 2. The van der Waals surface area contributed by atoms with E-state index in [1.54, 1.807) is 30.3 Å². The third-order valence-corrected chi connectivity index (χ3v) is 7.19. The van der Waals surface area contributed by atoms with Gasteiger partial charge >= 0.3 is 5.97 Å². The number of benzene rings is 3. The molecule has 0 bridgehead atoms. The molecule has 1 aliphatic heterocycles. The van der Waals surface area contributed by atoms with E-state index in [2.05, 4.69) is 28.9 Å². The minimum absolute atomic E-state index is 0.00887. The van der Waals surface area contributed by atoms with Gasteiger partial charge in [0.15, 0.2) is 5.88 Å². The van der Waals surface area contributed by atoms with Crippen LogP contribution in [0.15, 0.2) is 77.8 Å². The lowest BCUT2D eigenvalue weighted by molar-refractivity contribution is 0.0629. The molecule has 1 aromatic heterocycles. The molecule has 0 radical (unpaired) electrons. The van der Waals surface area contributed by atoms with E-state index in [0.717, 1.165) is 31.7 Å². The van der Waals surface area contributed by atoms with Crippen LogP contribution in [-0.4, -0.2) is 101 Å². The summed E-state index contributed by atoms with van der Waals surface area (Å²) in [5.41, 5.74) is 3.64. The number of nitrogens with one attached hydrogen (secondary N) is 1. The van der Waals surface area contributed by atoms with Crippen molar-refractivity contribution in [1.82, 2.24) is 19.7 Å². The maximum Gasteiger partial charge on any atom is 0.335 e. The number of aromatic carboxylic acids is 1. The fraction of sp³-hybridized carbons (Fsp3) is 0.258. The monoisotopic (exact) mass is 539 g/mol. The highest BCUT2D eigenvalue weighted by atomic mass is 16.4. The Hall–Kier alpha value is -4.47. The number of carboxylic acid groups (broad SMARTS) is 1. The number of aromatic amines is 1. The van der Waals surface area contributed by atoms with Gasteiger partial charge in [-0.3, -0.25) is 9.69 Å². The maximum atomic E-state index is 13.2. The van der Waals surface area contributed by atoms with Gasteiger partial charge in [0, 0.05) is 61.3 Å². The van der Waals surface area contributed by atoms with E-state index in [4.69, 9.17) is 4.99 Å². The zero-order valence-corrected chi connectivity index (χ0v) is 22.7. The number of carboxylic acids is 1. The highest BCUT2D eigenvalue weighted by Crippen LogP contribution is 2.32. The second kappa shape index (κ2) is 11.7. The van der Waals surface area contributed by atoms with Gasteiger partial charge in [0.2, 0.25) is 0 Å². The number of hydrogen-bond donors (Lipinski definition) is 3. The van der Waals surface area contributed by atoms with Crippen LogP contribution in [0.4, 0.5) is 5.69 Å². The Morgan fingerprint density at radius 2 is 1.57 bits per heavy atom. The number of likely N-dealkylation sites (N-methyl/N-ethyl adjacent to an activating group) is 1. The van der Waals surface area contributed by atoms with Crippen molar-refractivity contribution >= 4 is 34.2 Å². The highest BCUT2D eigenvalue weighted by molar-refractivity contribution is 6.22. The smallest absolute Gasteiger partial charge is 0.335 e. The molecule has 1 amide bonds. The molecule has 206 valence electrons. The van der Waals surface area contributed by atoms with Crippen molar-refractivity contribution < 1.29 is 19.8 Å². The van der Waals surface area contributed by atoms with Crippen molar-refractivity contribution in [3.63, 3.8) is 0 Å². The van der Waals surface area contributed by atoms with Crippen LogP contribution in [0, 0.1) is 0 Å². The molecule has 1 fully saturated rings. The Labute approximate surface area is 233 Å². The Kier molecular flexibility index (Phi) is 7.95. The van der Waals surface area contributed by atoms with E-state index >= 15 is 0 Å². The third kappa shape index (κ3) is 5.90. The molecule has 3 N–H and O–H groups in total. The predicted octanol–water partition coefficient (Wildman–Crippen LogP) is 4.06. The summed E-state index contributed by atoms with van der Waals surface area (Å²) in [5, 5.41) is 20.9. The van der Waals surface area contributed by atoms with E-state index in [1.807, 2.05) is 35.2 Å². The summed E-state index contributed by atoms with van der Waals surface area (Å²) in [4.78, 5) is 38.8. The van der Waals surface area contributed by atoms with Crippen molar-refractivity contribution in [2.24, 2.45) is 4.99 Å². The molecular weight excluding hydrogens is 506 g/mol. The zero-order chi connectivity index (χ0) is 28.2. The van der Waals surface area contributed by atoms with Gasteiger partial charge in [-0.25, -0.2) is 9.79 Å². The normalized spacial score (nSPS) is 14.7. The average molecular weight is 540 g/mol. The summed E-state index contributed by atoms with van der Waals surface area (Å²) in [6.07, 6.45) is 0. The first-order valence-electron chi connectivity index (χ1n) is 13.3. The molecule has 0 unspecified atom stereocenters. The maximum absolute atomic E-state index is 13.2. The molecule has 40 heavy (non-hydrogen) atoms. The van der Waals surface area contributed by atoms with E-state index in [-0.39, 0.29) is 17.4 Å². The van der Waals surface area contributed by atoms with Crippen molar-refractivity contribution in [1.29, 1.82) is 0 Å². The number of H-pyrrole nitrogens is 1. The lowest BCUT2D eigenvalue weighted by Crippen LogP contribution is -2.49. The van der Waals surface area contributed by atoms with Crippen LogP contribution < -0.4 is 0 Å². The molecule has 9 nitrogen and oxygen atoms in total. The molecule has 5 rings (SSSR count). The number of aromatic hydroxyl groups is 1. The largest absolute Gasteiger partial charge is 0.494 e. The van der Waals surface area contributed by atoms with Crippen LogP contribution in [0.1, 0.15) is 31.8 Å². The van der Waals surface area contributed by atoms with E-state index in [9.17, 15) is 19.8 Å². The minimum atomic E-state index is -1.05.